The fourth-order valence-corrected chi connectivity index (χ4v) is 1.74. The molecule has 1 aromatic rings. The summed E-state index contributed by atoms with van der Waals surface area (Å²) in [6.07, 6.45) is 5.02. The number of hydrogen-bond acceptors (Lipinski definition) is 3. The number of nitriles is 1. The van der Waals surface area contributed by atoms with Gasteiger partial charge in [-0.2, -0.15) is 0 Å². The third-order valence-corrected chi connectivity index (χ3v) is 2.79. The van der Waals surface area contributed by atoms with Crippen molar-refractivity contribution in [1.29, 1.82) is 5.26 Å². The van der Waals surface area contributed by atoms with E-state index >= 15 is 0 Å². The van der Waals surface area contributed by atoms with E-state index in [4.69, 9.17) is 16.9 Å². The number of allylic oxidation sites excluding steroid dienone is 3. The molecule has 0 radical (unpaired) electrons. The molecule has 0 aliphatic heterocycles. The molecule has 0 aliphatic rings. The van der Waals surface area contributed by atoms with Crippen molar-refractivity contribution in [1.82, 2.24) is 0 Å². The van der Waals surface area contributed by atoms with Gasteiger partial charge in [0.05, 0.1) is 19.2 Å². The van der Waals surface area contributed by atoms with Gasteiger partial charge in [0.2, 0.25) is 0 Å². The lowest BCUT2D eigenvalue weighted by Gasteiger charge is -2.21. The molecular weight excluding hydrogens is 262 g/mol. The molecule has 0 unspecified atom stereocenters. The number of anilines is 1. The molecule has 21 heavy (non-hydrogen) atoms. The van der Waals surface area contributed by atoms with E-state index in [1.165, 1.54) is 6.08 Å². The maximum Gasteiger partial charge on any atom is 0.261 e. The largest absolute Gasteiger partial charge is 0.395 e. The normalized spacial score (nSPS) is 10.6. The molecular formula is C17H21N3O. The lowest BCUT2D eigenvalue weighted by Crippen LogP contribution is -2.25. The summed E-state index contributed by atoms with van der Waals surface area (Å²) in [6.45, 7) is 10.4. The third-order valence-electron chi connectivity index (χ3n) is 2.79. The van der Waals surface area contributed by atoms with Crippen LogP contribution in [0.3, 0.4) is 0 Å². The molecule has 0 saturated heterocycles. The summed E-state index contributed by atoms with van der Waals surface area (Å²) < 4.78 is 0. The van der Waals surface area contributed by atoms with Crippen LogP contribution in [0.25, 0.3) is 10.9 Å². The van der Waals surface area contributed by atoms with E-state index in [2.05, 4.69) is 9.74 Å². The van der Waals surface area contributed by atoms with Crippen molar-refractivity contribution in [2.75, 3.05) is 24.6 Å². The van der Waals surface area contributed by atoms with Crippen LogP contribution in [0.2, 0.25) is 0 Å². The van der Waals surface area contributed by atoms with E-state index in [0.717, 1.165) is 17.8 Å². The molecule has 1 aromatic carbocycles. The SMILES string of the molecule is C.[C-]#[N+]/C(C#N)=C\C=C\c1ccc(N(CC)CCO)cc1. The first-order valence-electron chi connectivity index (χ1n) is 6.37. The zero-order valence-electron chi connectivity index (χ0n) is 11.5. The summed E-state index contributed by atoms with van der Waals surface area (Å²) in [4.78, 5) is 5.16. The summed E-state index contributed by atoms with van der Waals surface area (Å²) in [5.41, 5.74) is 2.12. The summed E-state index contributed by atoms with van der Waals surface area (Å²) in [5.74, 6) is 0. The van der Waals surface area contributed by atoms with Crippen LogP contribution in [0.5, 0.6) is 0 Å². The first-order valence-corrected chi connectivity index (χ1v) is 6.37. The number of hydrogen-bond donors (Lipinski definition) is 1. The minimum atomic E-state index is 0. The Kier molecular flexibility index (Phi) is 9.00. The first kappa shape index (κ1) is 18.4. The van der Waals surface area contributed by atoms with Gasteiger partial charge in [-0.25, -0.2) is 10.1 Å². The quantitative estimate of drug-likeness (QED) is 0.494. The van der Waals surface area contributed by atoms with Crippen LogP contribution in [0.15, 0.2) is 42.1 Å². The molecule has 110 valence electrons. The van der Waals surface area contributed by atoms with Crippen LogP contribution >= 0.6 is 0 Å². The van der Waals surface area contributed by atoms with Gasteiger partial charge in [0.15, 0.2) is 0 Å². The Morgan fingerprint density at radius 1 is 1.43 bits per heavy atom. The number of likely N-dealkylation sites (N-methyl/N-ethyl adjacent to an activating group) is 1. The van der Waals surface area contributed by atoms with Gasteiger partial charge in [-0.1, -0.05) is 31.7 Å². The molecule has 1 N–H and O–H groups in total. The van der Waals surface area contributed by atoms with Gasteiger partial charge in [0.25, 0.3) is 5.70 Å². The third kappa shape index (κ3) is 5.95. The van der Waals surface area contributed by atoms with Crippen LogP contribution in [-0.4, -0.2) is 24.8 Å². The van der Waals surface area contributed by atoms with E-state index in [1.807, 2.05) is 43.3 Å². The van der Waals surface area contributed by atoms with Gasteiger partial charge < -0.3 is 10.0 Å². The maximum atomic E-state index is 8.99. The first-order chi connectivity index (χ1) is 9.74. The average Bonchev–Trinajstić information content (AvgIpc) is 2.50. The summed E-state index contributed by atoms with van der Waals surface area (Å²) in [5, 5.41) is 17.6. The van der Waals surface area contributed by atoms with Crippen molar-refractivity contribution < 1.29 is 5.11 Å². The van der Waals surface area contributed by atoms with E-state index in [1.54, 1.807) is 6.08 Å². The van der Waals surface area contributed by atoms with Crippen LogP contribution < -0.4 is 4.90 Å². The Bertz CT molecular complexity index is 543. The van der Waals surface area contributed by atoms with Gasteiger partial charge in [-0.3, -0.25) is 0 Å². The molecule has 4 nitrogen and oxygen atoms in total. The standard InChI is InChI=1S/C16H17N3O.CH4/c1-3-19(11-12-20)16-9-7-14(8-10-16)5-4-6-15(13-17)18-2;/h4-10,20H,3,11-12H2,1H3;1H4/b5-4+,15-6-;. The lowest BCUT2D eigenvalue weighted by molar-refractivity contribution is 0.302. The highest BCUT2D eigenvalue weighted by molar-refractivity contribution is 5.57. The second-order valence-corrected chi connectivity index (χ2v) is 4.03. The van der Waals surface area contributed by atoms with Crippen LogP contribution in [0.1, 0.15) is 19.9 Å². The van der Waals surface area contributed by atoms with Gasteiger partial charge in [-0.05, 0) is 30.7 Å². The second-order valence-electron chi connectivity index (χ2n) is 4.03. The minimum absolute atomic E-state index is 0. The molecule has 0 atom stereocenters. The molecule has 0 saturated carbocycles. The fraction of sp³-hybridized carbons (Fsp3) is 0.294. The molecule has 0 aliphatic carbocycles. The molecule has 0 amide bonds. The summed E-state index contributed by atoms with van der Waals surface area (Å²) >= 11 is 0. The lowest BCUT2D eigenvalue weighted by atomic mass is 10.1. The predicted molar refractivity (Wildman–Crippen MR) is 87.5 cm³/mol. The highest BCUT2D eigenvalue weighted by Gasteiger charge is 2.02. The Hall–Kier alpha value is -2.56. The Balaban J connectivity index is 0.00000400. The molecule has 0 fully saturated rings. The maximum absolute atomic E-state index is 8.99. The Labute approximate surface area is 127 Å². The van der Waals surface area contributed by atoms with Crippen molar-refractivity contribution in [3.63, 3.8) is 0 Å². The highest BCUT2D eigenvalue weighted by atomic mass is 16.3. The van der Waals surface area contributed by atoms with E-state index in [9.17, 15) is 0 Å². The second kappa shape index (κ2) is 10.3. The number of benzene rings is 1. The molecule has 1 rings (SSSR count). The molecule has 0 heterocycles. The summed E-state index contributed by atoms with van der Waals surface area (Å²) in [6, 6.07) is 9.71. The number of nitrogens with zero attached hydrogens (tertiary/aromatic N) is 3. The fourth-order valence-electron chi connectivity index (χ4n) is 1.74. The van der Waals surface area contributed by atoms with Gasteiger partial charge in [0, 0.05) is 18.8 Å². The van der Waals surface area contributed by atoms with Crippen molar-refractivity contribution in [2.24, 2.45) is 0 Å². The Morgan fingerprint density at radius 2 is 2.10 bits per heavy atom. The van der Waals surface area contributed by atoms with Gasteiger partial charge in [-0.15, -0.1) is 0 Å². The topological polar surface area (TPSA) is 51.6 Å². The van der Waals surface area contributed by atoms with Gasteiger partial charge >= 0.3 is 0 Å². The average molecular weight is 283 g/mol. The van der Waals surface area contributed by atoms with Crippen LogP contribution in [0.4, 0.5) is 5.69 Å². The van der Waals surface area contributed by atoms with E-state index < -0.39 is 0 Å². The minimum Gasteiger partial charge on any atom is -0.395 e. The van der Waals surface area contributed by atoms with Crippen molar-refractivity contribution in [3.05, 3.63) is 59.1 Å². The van der Waals surface area contributed by atoms with E-state index in [0.29, 0.717) is 6.54 Å². The van der Waals surface area contributed by atoms with Crippen molar-refractivity contribution in [3.8, 4) is 6.07 Å². The van der Waals surface area contributed by atoms with Crippen molar-refractivity contribution in [2.45, 2.75) is 14.4 Å². The van der Waals surface area contributed by atoms with Crippen LogP contribution in [-0.2, 0) is 0 Å². The zero-order valence-corrected chi connectivity index (χ0v) is 11.5. The molecule has 4 heteroatoms. The van der Waals surface area contributed by atoms with Crippen molar-refractivity contribution >= 4 is 11.8 Å². The highest BCUT2D eigenvalue weighted by Crippen LogP contribution is 2.15. The summed E-state index contributed by atoms with van der Waals surface area (Å²) in [7, 11) is 0. The van der Waals surface area contributed by atoms with Gasteiger partial charge in [0.1, 0.15) is 0 Å². The smallest absolute Gasteiger partial charge is 0.261 e. The Morgan fingerprint density at radius 3 is 2.57 bits per heavy atom. The molecule has 0 spiro atoms. The number of rotatable bonds is 6. The monoisotopic (exact) mass is 283 g/mol. The van der Waals surface area contributed by atoms with Crippen LogP contribution in [0, 0.1) is 17.9 Å². The number of aliphatic hydroxyl groups is 1. The predicted octanol–water partition coefficient (Wildman–Crippen LogP) is 3.48. The number of aliphatic hydroxyl groups excluding tert-OH is 1. The molecule has 0 bridgehead atoms. The van der Waals surface area contributed by atoms with E-state index in [-0.39, 0.29) is 19.7 Å². The zero-order chi connectivity index (χ0) is 14.8. The molecule has 0 aromatic heterocycles.